The van der Waals surface area contributed by atoms with Gasteiger partial charge < -0.3 is 18.9 Å². The molecule has 6 atom stereocenters. The zero-order valence-electron chi connectivity index (χ0n) is 23.2. The topological polar surface area (TPSA) is 71.1 Å². The number of thioether (sulfide) groups is 1. The normalized spacial score (nSPS) is 27.1. The van der Waals surface area contributed by atoms with E-state index in [0.717, 1.165) is 69.5 Å². The van der Waals surface area contributed by atoms with Gasteiger partial charge in [-0.25, -0.2) is 0 Å². The molecule has 2 unspecified atom stereocenters. The summed E-state index contributed by atoms with van der Waals surface area (Å²) in [6.07, 6.45) is 8.75. The molecule has 0 aromatic rings. The first-order chi connectivity index (χ1) is 17.6. The van der Waals surface area contributed by atoms with Crippen LogP contribution >= 0.6 is 11.8 Å². The van der Waals surface area contributed by atoms with Crippen LogP contribution in [0.5, 0.6) is 0 Å². The van der Waals surface area contributed by atoms with E-state index in [2.05, 4.69) is 0 Å². The standard InChI is InChI=1S/C28H48F2O6S/c1-5-20(2)19-28(29,30)37-17-15-23-22(12-8-6-7-9-13-26(32)33-4)24(35-21(3)31)18-25(23)36-27-14-10-11-16-34-27/h20,22-25,27H,5-19H2,1-4H3/t20-,22?,23+,24-,25+,27?/m0/s1. The highest BCUT2D eigenvalue weighted by molar-refractivity contribution is 8.00. The van der Waals surface area contributed by atoms with Gasteiger partial charge in [-0.05, 0) is 56.1 Å². The monoisotopic (exact) mass is 550 g/mol. The van der Waals surface area contributed by atoms with E-state index in [1.165, 1.54) is 14.0 Å². The highest BCUT2D eigenvalue weighted by Gasteiger charge is 2.46. The third kappa shape index (κ3) is 12.2. The Morgan fingerprint density at radius 3 is 2.46 bits per heavy atom. The third-order valence-corrected chi connectivity index (χ3v) is 8.72. The van der Waals surface area contributed by atoms with Gasteiger partial charge in [0.2, 0.25) is 0 Å². The van der Waals surface area contributed by atoms with Gasteiger partial charge in [-0.1, -0.05) is 51.3 Å². The van der Waals surface area contributed by atoms with Crippen molar-refractivity contribution in [1.82, 2.24) is 0 Å². The van der Waals surface area contributed by atoms with Crippen molar-refractivity contribution < 1.29 is 37.3 Å². The van der Waals surface area contributed by atoms with Crippen LogP contribution in [0.4, 0.5) is 8.78 Å². The Balaban J connectivity index is 2.02. The molecule has 6 nitrogen and oxygen atoms in total. The predicted molar refractivity (Wildman–Crippen MR) is 141 cm³/mol. The van der Waals surface area contributed by atoms with E-state index < -0.39 is 5.25 Å². The number of halogens is 2. The second kappa shape index (κ2) is 16.9. The van der Waals surface area contributed by atoms with Crippen molar-refractivity contribution in [3.05, 3.63) is 0 Å². The van der Waals surface area contributed by atoms with Crippen LogP contribution in [-0.4, -0.2) is 55.2 Å². The summed E-state index contributed by atoms with van der Waals surface area (Å²) in [4.78, 5) is 23.2. The van der Waals surface area contributed by atoms with E-state index in [-0.39, 0.29) is 54.6 Å². The summed E-state index contributed by atoms with van der Waals surface area (Å²) in [6.45, 7) is 5.89. The number of methoxy groups -OCH3 is 1. The molecule has 0 aromatic heterocycles. The smallest absolute Gasteiger partial charge is 0.305 e. The van der Waals surface area contributed by atoms with Crippen molar-refractivity contribution in [2.24, 2.45) is 17.8 Å². The van der Waals surface area contributed by atoms with Crippen molar-refractivity contribution >= 4 is 23.7 Å². The number of carbonyl (C=O) groups excluding carboxylic acids is 2. The third-order valence-electron chi connectivity index (χ3n) is 7.69. The molecule has 37 heavy (non-hydrogen) atoms. The minimum Gasteiger partial charge on any atom is -0.469 e. The molecule has 2 aliphatic rings. The average molecular weight is 551 g/mol. The molecular weight excluding hydrogens is 502 g/mol. The highest BCUT2D eigenvalue weighted by Crippen LogP contribution is 2.45. The fourth-order valence-electron chi connectivity index (χ4n) is 5.51. The maximum Gasteiger partial charge on any atom is 0.305 e. The lowest BCUT2D eigenvalue weighted by molar-refractivity contribution is -0.196. The first-order valence-electron chi connectivity index (χ1n) is 14.2. The number of rotatable bonds is 17. The molecule has 1 aliphatic carbocycles. The summed E-state index contributed by atoms with van der Waals surface area (Å²) in [5, 5.41) is -2.75. The Bertz CT molecular complexity index is 673. The number of alkyl halides is 2. The van der Waals surface area contributed by atoms with Gasteiger partial charge in [0.05, 0.1) is 13.2 Å². The second-order valence-electron chi connectivity index (χ2n) is 10.7. The lowest BCUT2D eigenvalue weighted by atomic mass is 9.86. The van der Waals surface area contributed by atoms with Crippen LogP contribution < -0.4 is 0 Å². The Labute approximate surface area is 226 Å². The van der Waals surface area contributed by atoms with E-state index in [1.807, 2.05) is 13.8 Å². The fourth-order valence-corrected chi connectivity index (χ4v) is 6.60. The van der Waals surface area contributed by atoms with Crippen LogP contribution in [0.3, 0.4) is 0 Å². The summed E-state index contributed by atoms with van der Waals surface area (Å²) in [6, 6.07) is 0. The van der Waals surface area contributed by atoms with Gasteiger partial charge in [0, 0.05) is 38.7 Å². The van der Waals surface area contributed by atoms with Gasteiger partial charge in [0.1, 0.15) is 6.10 Å². The SMILES string of the molecule is CC[C@H](C)CC(F)(F)SCC[C@@H]1C(CCCCCCC(=O)OC)[C@@H](OC(C)=O)C[C@H]1OC1CCCCO1. The van der Waals surface area contributed by atoms with E-state index in [1.54, 1.807) is 0 Å². The lowest BCUT2D eigenvalue weighted by Gasteiger charge is -2.31. The van der Waals surface area contributed by atoms with E-state index in [0.29, 0.717) is 31.6 Å². The number of unbranched alkanes of at least 4 members (excludes halogenated alkanes) is 3. The van der Waals surface area contributed by atoms with Crippen LogP contribution in [0, 0.1) is 17.8 Å². The van der Waals surface area contributed by atoms with Crippen LogP contribution in [0.25, 0.3) is 0 Å². The number of ether oxygens (including phenoxy) is 4. The summed E-state index contributed by atoms with van der Waals surface area (Å²) in [5.41, 5.74) is 0. The van der Waals surface area contributed by atoms with Crippen molar-refractivity contribution in [1.29, 1.82) is 0 Å². The molecule has 1 heterocycles. The number of esters is 2. The zero-order valence-corrected chi connectivity index (χ0v) is 24.0. The van der Waals surface area contributed by atoms with Crippen LogP contribution in [0.1, 0.15) is 104 Å². The molecule has 0 bridgehead atoms. The van der Waals surface area contributed by atoms with Crippen molar-refractivity contribution in [3.63, 3.8) is 0 Å². The van der Waals surface area contributed by atoms with Crippen molar-refractivity contribution in [3.8, 4) is 0 Å². The Morgan fingerprint density at radius 1 is 1.08 bits per heavy atom. The van der Waals surface area contributed by atoms with Crippen LogP contribution in [-0.2, 0) is 28.5 Å². The number of carbonyl (C=O) groups is 2. The molecule has 2 rings (SSSR count). The molecule has 9 heteroatoms. The molecule has 1 saturated heterocycles. The molecule has 0 radical (unpaired) electrons. The zero-order chi connectivity index (χ0) is 27.3. The second-order valence-corrected chi connectivity index (χ2v) is 12.0. The quantitative estimate of drug-likeness (QED) is 0.141. The first-order valence-corrected chi connectivity index (χ1v) is 15.2. The van der Waals surface area contributed by atoms with Gasteiger partial charge in [-0.2, -0.15) is 8.78 Å². The number of hydrogen-bond donors (Lipinski definition) is 0. The van der Waals surface area contributed by atoms with Gasteiger partial charge >= 0.3 is 11.9 Å². The summed E-state index contributed by atoms with van der Waals surface area (Å²) in [5.74, 6) is -0.122. The maximum atomic E-state index is 14.6. The van der Waals surface area contributed by atoms with Crippen molar-refractivity contribution in [2.45, 2.75) is 128 Å². The number of hydrogen-bond acceptors (Lipinski definition) is 7. The van der Waals surface area contributed by atoms with Crippen molar-refractivity contribution in [2.75, 3.05) is 19.5 Å². The first kappa shape index (κ1) is 32.3. The average Bonchev–Trinajstić information content (AvgIpc) is 3.15. The molecule has 216 valence electrons. The maximum absolute atomic E-state index is 14.6. The van der Waals surface area contributed by atoms with Crippen LogP contribution in [0.15, 0.2) is 0 Å². The van der Waals surface area contributed by atoms with Gasteiger partial charge in [-0.3, -0.25) is 9.59 Å². The fraction of sp³-hybridized carbons (Fsp3) is 0.929. The van der Waals surface area contributed by atoms with Crippen LogP contribution in [0.2, 0.25) is 0 Å². The lowest BCUT2D eigenvalue weighted by Crippen LogP contribution is -2.32. The molecule has 0 amide bonds. The Kier molecular flexibility index (Phi) is 14.8. The molecule has 0 N–H and O–H groups in total. The highest BCUT2D eigenvalue weighted by atomic mass is 32.2. The van der Waals surface area contributed by atoms with Gasteiger partial charge in [0.15, 0.2) is 6.29 Å². The Morgan fingerprint density at radius 2 is 1.81 bits per heavy atom. The summed E-state index contributed by atoms with van der Waals surface area (Å²) in [7, 11) is 1.40. The largest absolute Gasteiger partial charge is 0.469 e. The van der Waals surface area contributed by atoms with Gasteiger partial charge in [0.25, 0.3) is 5.25 Å². The van der Waals surface area contributed by atoms with E-state index >= 15 is 0 Å². The molecule has 1 saturated carbocycles. The van der Waals surface area contributed by atoms with E-state index in [4.69, 9.17) is 18.9 Å². The van der Waals surface area contributed by atoms with Gasteiger partial charge in [-0.15, -0.1) is 0 Å². The minimum atomic E-state index is -2.75. The molecule has 0 spiro atoms. The predicted octanol–water partition coefficient (Wildman–Crippen LogP) is 7.13. The molecule has 0 aromatic carbocycles. The van der Waals surface area contributed by atoms with E-state index in [9.17, 15) is 18.4 Å². The minimum absolute atomic E-state index is 0.0196. The summed E-state index contributed by atoms with van der Waals surface area (Å²) < 4.78 is 51.8. The molecule has 2 fully saturated rings. The molecular formula is C28H48F2O6S. The summed E-state index contributed by atoms with van der Waals surface area (Å²) >= 11 is 0.743. The Hall–Kier alpha value is -0.930. The molecule has 1 aliphatic heterocycles.